The molecule has 6 atom stereocenters. The van der Waals surface area contributed by atoms with E-state index in [0.29, 0.717) is 0 Å². The Morgan fingerprint density at radius 1 is 1.35 bits per heavy atom. The maximum absolute atomic E-state index is 10.1. The Kier molecular flexibility index (Phi) is 3.94. The Balaban J connectivity index is 2.12. The van der Waals surface area contributed by atoms with Gasteiger partial charge in [0.05, 0.1) is 0 Å². The topological polar surface area (TPSA) is 86.1 Å². The maximum atomic E-state index is 10.1. The van der Waals surface area contributed by atoms with Crippen molar-refractivity contribution in [3.8, 4) is 0 Å². The van der Waals surface area contributed by atoms with Gasteiger partial charge in [0, 0.05) is 13.1 Å². The number of thioether (sulfide) groups is 1. The molecule has 0 aromatic rings. The minimum absolute atomic E-state index is 0.0279. The lowest BCUT2D eigenvalue weighted by atomic mass is 9.94. The van der Waals surface area contributed by atoms with Crippen LogP contribution in [0.5, 0.6) is 0 Å². The number of aliphatic hydroxyl groups is 2. The number of nitrogens with one attached hydrogen (secondary N) is 2. The van der Waals surface area contributed by atoms with Gasteiger partial charge >= 0.3 is 0 Å². The molecule has 0 spiro atoms. The van der Waals surface area contributed by atoms with E-state index in [2.05, 4.69) is 15.6 Å². The number of hydrogen-bond donors (Lipinski definition) is 4. The molecule has 6 nitrogen and oxygen atoms in total. The lowest BCUT2D eigenvalue weighted by molar-refractivity contribution is -0.160. The summed E-state index contributed by atoms with van der Waals surface area (Å²) in [5, 5.41) is 26.8. The van der Waals surface area contributed by atoms with Gasteiger partial charge in [0.1, 0.15) is 29.8 Å². The highest BCUT2D eigenvalue weighted by Gasteiger charge is 2.49. The van der Waals surface area contributed by atoms with Crippen molar-refractivity contribution in [1.29, 1.82) is 0 Å². The van der Waals surface area contributed by atoms with Crippen LogP contribution < -0.4 is 10.6 Å². The molecule has 2 rings (SSSR count). The number of hydrogen-bond acceptors (Lipinski definition) is 7. The predicted octanol–water partition coefficient (Wildman–Crippen LogP) is -1.27. The predicted molar refractivity (Wildman–Crippen MR) is 67.1 cm³/mol. The van der Waals surface area contributed by atoms with Crippen molar-refractivity contribution in [2.45, 2.75) is 42.8 Å². The molecule has 4 N–H and O–H groups in total. The number of aliphatic imine (C=N–C) groups is 1. The summed E-state index contributed by atoms with van der Waals surface area (Å²) in [7, 11) is 3.58. The molecule has 2 aliphatic rings. The SMILES string of the molecule is CNC1=N[C@@H]2[C@@H](O)[C@H](O)C([C@@H](C)NC)O[C@@H]2S1. The van der Waals surface area contributed by atoms with E-state index in [1.807, 2.05) is 6.92 Å². The molecule has 0 bridgehead atoms. The van der Waals surface area contributed by atoms with Crippen LogP contribution in [0.25, 0.3) is 0 Å². The Morgan fingerprint density at radius 3 is 2.65 bits per heavy atom. The van der Waals surface area contributed by atoms with Crippen LogP contribution in [-0.2, 0) is 4.74 Å². The number of rotatable bonds is 2. The third-order valence-corrected chi connectivity index (χ3v) is 4.42. The van der Waals surface area contributed by atoms with Gasteiger partial charge in [0.15, 0.2) is 5.17 Å². The fourth-order valence-electron chi connectivity index (χ4n) is 2.09. The van der Waals surface area contributed by atoms with Gasteiger partial charge in [-0.05, 0) is 14.0 Å². The summed E-state index contributed by atoms with van der Waals surface area (Å²) in [5.41, 5.74) is -0.225. The molecule has 7 heteroatoms. The fourth-order valence-corrected chi connectivity index (χ4v) is 3.15. The van der Waals surface area contributed by atoms with Crippen LogP contribution in [0.2, 0.25) is 0 Å². The summed E-state index contributed by atoms with van der Waals surface area (Å²) < 4.78 is 5.81. The Morgan fingerprint density at radius 2 is 2.06 bits per heavy atom. The smallest absolute Gasteiger partial charge is 0.159 e. The first-order valence-electron chi connectivity index (χ1n) is 5.69. The van der Waals surface area contributed by atoms with Crippen molar-refractivity contribution in [2.75, 3.05) is 14.1 Å². The molecule has 2 aliphatic heterocycles. The molecule has 0 amide bonds. The minimum Gasteiger partial charge on any atom is -0.388 e. The fraction of sp³-hybridized carbons (Fsp3) is 0.900. The quantitative estimate of drug-likeness (QED) is 0.496. The summed E-state index contributed by atoms with van der Waals surface area (Å²) in [4.78, 5) is 4.29. The van der Waals surface area contributed by atoms with E-state index in [1.165, 1.54) is 11.8 Å². The van der Waals surface area contributed by atoms with Crippen LogP contribution in [-0.4, -0.2) is 65.3 Å². The molecule has 1 saturated heterocycles. The van der Waals surface area contributed by atoms with Crippen LogP contribution in [0.1, 0.15) is 6.92 Å². The van der Waals surface area contributed by atoms with Crippen LogP contribution in [0.4, 0.5) is 0 Å². The van der Waals surface area contributed by atoms with Gasteiger partial charge in [0.25, 0.3) is 0 Å². The Bertz CT molecular complexity index is 315. The third-order valence-electron chi connectivity index (χ3n) is 3.26. The van der Waals surface area contributed by atoms with Crippen molar-refractivity contribution < 1.29 is 14.9 Å². The zero-order valence-corrected chi connectivity index (χ0v) is 10.9. The first-order valence-corrected chi connectivity index (χ1v) is 6.57. The monoisotopic (exact) mass is 261 g/mol. The highest BCUT2D eigenvalue weighted by Crippen LogP contribution is 2.36. The molecule has 0 radical (unpaired) electrons. The first-order chi connectivity index (χ1) is 8.08. The number of ether oxygens (including phenoxy) is 1. The van der Waals surface area contributed by atoms with Gasteiger partial charge < -0.3 is 25.6 Å². The van der Waals surface area contributed by atoms with Crippen molar-refractivity contribution in [3.05, 3.63) is 0 Å². The van der Waals surface area contributed by atoms with Crippen LogP contribution in [0, 0.1) is 0 Å². The van der Waals surface area contributed by atoms with E-state index in [-0.39, 0.29) is 11.5 Å². The lowest BCUT2D eigenvalue weighted by Crippen LogP contribution is -2.59. The van der Waals surface area contributed by atoms with E-state index in [0.717, 1.165) is 5.17 Å². The molecule has 0 saturated carbocycles. The highest BCUT2D eigenvalue weighted by atomic mass is 32.2. The summed E-state index contributed by atoms with van der Waals surface area (Å²) in [6.07, 6.45) is -2.22. The average molecular weight is 261 g/mol. The van der Waals surface area contributed by atoms with E-state index in [4.69, 9.17) is 4.74 Å². The molecular formula is C10H19N3O3S. The molecule has 0 aromatic carbocycles. The van der Waals surface area contributed by atoms with Gasteiger partial charge in [-0.15, -0.1) is 0 Å². The molecule has 2 heterocycles. The van der Waals surface area contributed by atoms with Crippen molar-refractivity contribution >= 4 is 16.9 Å². The van der Waals surface area contributed by atoms with Gasteiger partial charge in [-0.3, -0.25) is 4.99 Å². The molecule has 0 aliphatic carbocycles. The van der Waals surface area contributed by atoms with Crippen molar-refractivity contribution in [1.82, 2.24) is 10.6 Å². The summed E-state index contributed by atoms with van der Waals surface area (Å²) in [5.74, 6) is 0. The van der Waals surface area contributed by atoms with Crippen LogP contribution in [0.15, 0.2) is 4.99 Å². The van der Waals surface area contributed by atoms with Crippen molar-refractivity contribution in [2.24, 2.45) is 4.99 Å². The number of likely N-dealkylation sites (N-methyl/N-ethyl adjacent to an activating group) is 1. The molecule has 98 valence electrons. The summed E-state index contributed by atoms with van der Waals surface area (Å²) in [6.45, 7) is 1.92. The Hall–Kier alpha value is -0.340. The zero-order chi connectivity index (χ0) is 12.6. The second-order valence-electron chi connectivity index (χ2n) is 4.32. The number of aliphatic hydroxyl groups excluding tert-OH is 2. The van der Waals surface area contributed by atoms with Crippen LogP contribution in [0.3, 0.4) is 0 Å². The zero-order valence-electron chi connectivity index (χ0n) is 10.1. The molecule has 17 heavy (non-hydrogen) atoms. The summed E-state index contributed by atoms with van der Waals surface area (Å²) in [6, 6.07) is -0.419. The van der Waals surface area contributed by atoms with Gasteiger partial charge in [-0.1, -0.05) is 11.8 Å². The third kappa shape index (κ3) is 2.30. The maximum Gasteiger partial charge on any atom is 0.159 e. The lowest BCUT2D eigenvalue weighted by Gasteiger charge is -2.40. The Labute approximate surface area is 105 Å². The second-order valence-corrected chi connectivity index (χ2v) is 5.41. The van der Waals surface area contributed by atoms with Gasteiger partial charge in [-0.2, -0.15) is 0 Å². The molecular weight excluding hydrogens is 242 g/mol. The largest absolute Gasteiger partial charge is 0.388 e. The number of nitrogens with zero attached hydrogens (tertiary/aromatic N) is 1. The average Bonchev–Trinajstić information content (AvgIpc) is 2.76. The molecule has 0 aromatic heterocycles. The number of fused-ring (bicyclic) bond motifs is 1. The van der Waals surface area contributed by atoms with Crippen LogP contribution >= 0.6 is 11.8 Å². The molecule has 1 fully saturated rings. The van der Waals surface area contributed by atoms with Gasteiger partial charge in [-0.25, -0.2) is 0 Å². The number of amidine groups is 1. The highest BCUT2D eigenvalue weighted by molar-refractivity contribution is 8.14. The van der Waals surface area contributed by atoms with Crippen molar-refractivity contribution in [3.63, 3.8) is 0 Å². The van der Waals surface area contributed by atoms with Gasteiger partial charge in [0.2, 0.25) is 0 Å². The minimum atomic E-state index is -0.917. The standard InChI is InChI=1S/C10H19N3O3S/c1-4(11-2)8-7(15)6(14)5-9(16-8)17-10(12-3)13-5/h4-9,11,14-15H,1-3H3,(H,12,13)/t4-,5-,6-,7+,8?,9-/m1/s1. The summed E-state index contributed by atoms with van der Waals surface area (Å²) >= 11 is 1.45. The van der Waals surface area contributed by atoms with E-state index >= 15 is 0 Å². The molecule has 1 unspecified atom stereocenters. The van der Waals surface area contributed by atoms with E-state index in [1.54, 1.807) is 14.1 Å². The normalized spacial score (nSPS) is 42.9. The van der Waals surface area contributed by atoms with E-state index < -0.39 is 24.4 Å². The first kappa shape index (κ1) is 13.1. The second kappa shape index (κ2) is 5.11. The van der Waals surface area contributed by atoms with E-state index in [9.17, 15) is 10.2 Å².